The first-order chi connectivity index (χ1) is 21.8. The number of nitrogens with zero attached hydrogens (tertiary/aromatic N) is 1. The molecule has 8 rings (SSSR count). The molecule has 0 fully saturated rings. The van der Waals surface area contributed by atoms with Crippen LogP contribution in [0.25, 0.3) is 38.6 Å². The second-order valence-corrected chi connectivity index (χ2v) is 19.3. The van der Waals surface area contributed by atoms with Gasteiger partial charge in [0.2, 0.25) is 0 Å². The summed E-state index contributed by atoms with van der Waals surface area (Å²) in [4.78, 5) is 0. The van der Waals surface area contributed by atoms with Crippen LogP contribution in [0.5, 0.6) is 0 Å². The molecule has 1 nitrogen and oxygen atoms in total. The molecular weight excluding hydrogens is 591 g/mol. The van der Waals surface area contributed by atoms with Crippen molar-refractivity contribution in [1.29, 1.82) is 0 Å². The van der Waals surface area contributed by atoms with Crippen molar-refractivity contribution in [3.05, 3.63) is 188 Å². The van der Waals surface area contributed by atoms with E-state index >= 15 is 0 Å². The van der Waals surface area contributed by atoms with Crippen LogP contribution in [0.3, 0.4) is 0 Å². The van der Waals surface area contributed by atoms with Gasteiger partial charge in [0.1, 0.15) is 0 Å². The molecule has 0 radical (unpaired) electrons. The molecule has 0 aliphatic rings. The fourth-order valence-electron chi connectivity index (χ4n) is 6.98. The summed E-state index contributed by atoms with van der Waals surface area (Å²) in [5.74, 6) is 0. The van der Waals surface area contributed by atoms with E-state index in [1.54, 1.807) is 0 Å². The van der Waals surface area contributed by atoms with Crippen molar-refractivity contribution in [2.75, 3.05) is 0 Å². The first-order valence-electron chi connectivity index (χ1n) is 15.2. The van der Waals surface area contributed by atoms with E-state index in [4.69, 9.17) is 0 Å². The Morgan fingerprint density at radius 2 is 0.636 bits per heavy atom. The first kappa shape index (κ1) is 26.5. The predicted molar refractivity (Wildman–Crippen MR) is 190 cm³/mol. The van der Waals surface area contributed by atoms with E-state index in [9.17, 15) is 0 Å². The molecule has 2 heteroatoms. The number of para-hydroxylation sites is 2. The van der Waals surface area contributed by atoms with Crippen LogP contribution in [-0.4, -0.2) is 17.8 Å². The second kappa shape index (κ2) is 11.2. The van der Waals surface area contributed by atoms with Gasteiger partial charge >= 0.3 is 250 Å². The topological polar surface area (TPSA) is 4.93 Å². The summed E-state index contributed by atoms with van der Waals surface area (Å²) in [5, 5.41) is 2.57. The van der Waals surface area contributed by atoms with Gasteiger partial charge in [-0.2, -0.15) is 0 Å². The van der Waals surface area contributed by atoms with Crippen molar-refractivity contribution in [2.24, 2.45) is 0 Å². The molecule has 0 unspecified atom stereocenters. The van der Waals surface area contributed by atoms with Crippen LogP contribution in [0.1, 0.15) is 0 Å². The van der Waals surface area contributed by atoms with Crippen molar-refractivity contribution in [3.8, 4) is 16.8 Å². The fourth-order valence-corrected chi connectivity index (χ4v) is 16.9. The van der Waals surface area contributed by atoms with Gasteiger partial charge in [-0.05, 0) is 0 Å². The molecule has 0 spiro atoms. The number of aromatic nitrogens is 1. The van der Waals surface area contributed by atoms with Crippen molar-refractivity contribution < 1.29 is 0 Å². The molecule has 7 aromatic carbocycles. The normalized spacial score (nSPS) is 11.6. The van der Waals surface area contributed by atoms with Crippen LogP contribution in [0.15, 0.2) is 188 Å². The van der Waals surface area contributed by atoms with Crippen molar-refractivity contribution >= 4 is 52.7 Å². The van der Waals surface area contributed by atoms with Crippen LogP contribution in [-0.2, 0) is 0 Å². The third-order valence-electron chi connectivity index (χ3n) is 8.98. The summed E-state index contributed by atoms with van der Waals surface area (Å²) < 4.78 is 8.12. The maximum atomic E-state index is 2.39. The van der Waals surface area contributed by atoms with Gasteiger partial charge in [-0.3, -0.25) is 0 Å². The van der Waals surface area contributed by atoms with Crippen molar-refractivity contribution in [3.63, 3.8) is 0 Å². The van der Waals surface area contributed by atoms with Gasteiger partial charge < -0.3 is 0 Å². The summed E-state index contributed by atoms with van der Waals surface area (Å²) in [5.41, 5.74) is 6.09. The summed E-state index contributed by atoms with van der Waals surface area (Å²) in [6, 6.07) is 69.3. The van der Waals surface area contributed by atoms with Gasteiger partial charge in [0, 0.05) is 0 Å². The zero-order valence-corrected chi connectivity index (χ0v) is 26.4. The molecule has 0 atom stereocenters. The van der Waals surface area contributed by atoms with Gasteiger partial charge in [-0.15, -0.1) is 0 Å². The van der Waals surface area contributed by atoms with Crippen molar-refractivity contribution in [2.45, 2.75) is 0 Å². The number of fused-ring (bicyclic) bond motifs is 3. The summed E-state index contributed by atoms with van der Waals surface area (Å²) in [7, 11) is 0. The Hall–Kier alpha value is -5.12. The Labute approximate surface area is 261 Å². The van der Waals surface area contributed by atoms with Crippen molar-refractivity contribution in [1.82, 2.24) is 4.57 Å². The second-order valence-electron chi connectivity index (χ2n) is 11.3. The average Bonchev–Trinajstić information content (AvgIpc) is 3.45. The molecule has 0 N–H and O–H groups in total. The number of hydrogen-bond acceptors (Lipinski definition) is 0. The Bertz CT molecular complexity index is 2030. The van der Waals surface area contributed by atoms with Crippen LogP contribution in [0.2, 0.25) is 0 Å². The Morgan fingerprint density at radius 3 is 1.07 bits per heavy atom. The minimum absolute atomic E-state index is 1.18. The quantitative estimate of drug-likeness (QED) is 0.167. The van der Waals surface area contributed by atoms with E-state index in [-0.39, 0.29) is 0 Å². The SMILES string of the molecule is c1cc[c]([Ge]([c]2ccccc2)([c]2ccccc2)[c]2ccc(-c3ccc(-n4c5ccccc5c5ccccc54)cc3)cc2)cc1. The van der Waals surface area contributed by atoms with E-state index in [1.165, 1.54) is 56.2 Å². The Kier molecular flexibility index (Phi) is 6.74. The van der Waals surface area contributed by atoms with E-state index in [0.717, 1.165) is 0 Å². The number of rotatable bonds is 6. The molecule has 1 aromatic heterocycles. The first-order valence-corrected chi connectivity index (χ1v) is 19.4. The van der Waals surface area contributed by atoms with Crippen LogP contribution >= 0.6 is 0 Å². The molecule has 0 amide bonds. The molecule has 0 saturated heterocycles. The minimum atomic E-state index is -3.25. The van der Waals surface area contributed by atoms with Gasteiger partial charge in [0.15, 0.2) is 0 Å². The molecule has 1 heterocycles. The summed E-state index contributed by atoms with van der Waals surface area (Å²) in [6.07, 6.45) is 0. The van der Waals surface area contributed by atoms with E-state index in [1.807, 2.05) is 0 Å². The molecule has 0 bridgehead atoms. The Morgan fingerprint density at radius 1 is 0.295 bits per heavy atom. The van der Waals surface area contributed by atoms with Crippen LogP contribution < -0.4 is 17.6 Å². The zero-order valence-electron chi connectivity index (χ0n) is 24.3. The maximum absolute atomic E-state index is 3.25. The standard InChI is InChI=1S/C42H31GeN/c1-4-14-34(15-5-1)43(35-16-6-2-7-17-35,36-18-8-3-9-19-36)37-28-24-32(25-29-37)33-26-30-38(31-27-33)44-41-22-12-10-20-39(41)40-21-11-13-23-42(40)44/h1-31H. The third kappa shape index (κ3) is 4.32. The monoisotopic (exact) mass is 623 g/mol. The fraction of sp³-hybridized carbons (Fsp3) is 0. The third-order valence-corrected chi connectivity index (χ3v) is 19.0. The van der Waals surface area contributed by atoms with Crippen LogP contribution in [0, 0.1) is 0 Å². The molecule has 44 heavy (non-hydrogen) atoms. The van der Waals surface area contributed by atoms with Gasteiger partial charge in [0.25, 0.3) is 0 Å². The Balaban J connectivity index is 1.23. The number of benzene rings is 7. The number of hydrogen-bond donors (Lipinski definition) is 0. The van der Waals surface area contributed by atoms with Gasteiger partial charge in [-0.25, -0.2) is 0 Å². The molecule has 0 saturated carbocycles. The summed E-state index contributed by atoms with van der Waals surface area (Å²) in [6.45, 7) is 0. The molecule has 8 aromatic rings. The van der Waals surface area contributed by atoms with E-state index in [2.05, 4.69) is 193 Å². The van der Waals surface area contributed by atoms with Crippen LogP contribution in [0.4, 0.5) is 0 Å². The van der Waals surface area contributed by atoms with Gasteiger partial charge in [0.05, 0.1) is 0 Å². The molecule has 0 aliphatic heterocycles. The summed E-state index contributed by atoms with van der Waals surface area (Å²) >= 11 is -3.25. The van der Waals surface area contributed by atoms with E-state index < -0.39 is 13.3 Å². The molecule has 0 aliphatic carbocycles. The zero-order chi connectivity index (χ0) is 29.3. The predicted octanol–water partition coefficient (Wildman–Crippen LogP) is 7.83. The molecular formula is C42H31GeN. The van der Waals surface area contributed by atoms with Gasteiger partial charge in [-0.1, -0.05) is 12.1 Å². The van der Waals surface area contributed by atoms with E-state index in [0.29, 0.717) is 0 Å². The molecule has 208 valence electrons. The average molecular weight is 622 g/mol.